The Morgan fingerprint density at radius 3 is 2.41 bits per heavy atom. The molecule has 6 nitrogen and oxygen atoms in total. The second kappa shape index (κ2) is 10.2. The molecule has 2 aromatic carbocycles. The lowest BCUT2D eigenvalue weighted by Crippen LogP contribution is -3.13. The molecule has 0 aliphatic rings. The van der Waals surface area contributed by atoms with Crippen LogP contribution >= 0.6 is 23.2 Å². The van der Waals surface area contributed by atoms with E-state index in [0.717, 1.165) is 4.90 Å². The average molecular weight is 411 g/mol. The van der Waals surface area contributed by atoms with Crippen LogP contribution in [0.15, 0.2) is 42.5 Å². The van der Waals surface area contributed by atoms with Crippen molar-refractivity contribution in [2.24, 2.45) is 0 Å². The maximum atomic E-state index is 12.3. The number of hydrogen-bond donors (Lipinski definition) is 3. The highest BCUT2D eigenvalue weighted by molar-refractivity contribution is 6.35. The average Bonchev–Trinajstić information content (AvgIpc) is 2.64. The maximum absolute atomic E-state index is 12.3. The van der Waals surface area contributed by atoms with E-state index in [1.54, 1.807) is 49.6 Å². The number of methoxy groups -OCH3 is 1. The number of nitrogens with one attached hydrogen (secondary N) is 3. The van der Waals surface area contributed by atoms with Crippen LogP contribution in [0.25, 0.3) is 0 Å². The lowest BCUT2D eigenvalue weighted by molar-refractivity contribution is -0.881. The van der Waals surface area contributed by atoms with E-state index in [9.17, 15) is 9.59 Å². The van der Waals surface area contributed by atoms with Crippen LogP contribution in [0.3, 0.4) is 0 Å². The molecule has 0 fully saturated rings. The molecule has 1 atom stereocenters. The minimum Gasteiger partial charge on any atom is -0.497 e. The fourth-order valence-electron chi connectivity index (χ4n) is 2.46. The van der Waals surface area contributed by atoms with Crippen molar-refractivity contribution in [1.29, 1.82) is 0 Å². The third-order valence-corrected chi connectivity index (χ3v) is 4.44. The lowest BCUT2D eigenvalue weighted by atomic mass is 10.3. The monoisotopic (exact) mass is 410 g/mol. The number of amides is 2. The number of ether oxygens (including phenoxy) is 1. The number of carbonyl (C=O) groups excluding carboxylic acids is 2. The molecule has 8 heteroatoms. The highest BCUT2D eigenvalue weighted by Crippen LogP contribution is 2.25. The predicted octanol–water partition coefficient (Wildman–Crippen LogP) is 2.48. The van der Waals surface area contributed by atoms with Gasteiger partial charge in [0.15, 0.2) is 13.1 Å². The van der Waals surface area contributed by atoms with Gasteiger partial charge in [-0.25, -0.2) is 0 Å². The Hall–Kier alpha value is -2.28. The number of hydrogen-bond acceptors (Lipinski definition) is 3. The molecule has 0 saturated carbocycles. The molecule has 0 aliphatic carbocycles. The van der Waals surface area contributed by atoms with E-state index >= 15 is 0 Å². The number of carbonyl (C=O) groups is 2. The van der Waals surface area contributed by atoms with Gasteiger partial charge in [0.05, 0.1) is 24.4 Å². The largest absolute Gasteiger partial charge is 0.497 e. The van der Waals surface area contributed by atoms with Crippen LogP contribution in [0, 0.1) is 0 Å². The van der Waals surface area contributed by atoms with Gasteiger partial charge in [-0.15, -0.1) is 0 Å². The van der Waals surface area contributed by atoms with Gasteiger partial charge in [0.25, 0.3) is 11.8 Å². The van der Waals surface area contributed by atoms with E-state index in [0.29, 0.717) is 33.7 Å². The summed E-state index contributed by atoms with van der Waals surface area (Å²) in [5.74, 6) is 0.226. The topological polar surface area (TPSA) is 71.9 Å². The molecule has 0 bridgehead atoms. The molecule has 0 heterocycles. The summed E-state index contributed by atoms with van der Waals surface area (Å²) in [6.45, 7) is 2.81. The summed E-state index contributed by atoms with van der Waals surface area (Å²) in [5.41, 5.74) is 1.09. The lowest BCUT2D eigenvalue weighted by Gasteiger charge is -2.17. The van der Waals surface area contributed by atoms with Gasteiger partial charge in [-0.3, -0.25) is 9.59 Å². The van der Waals surface area contributed by atoms with Crippen molar-refractivity contribution in [2.75, 3.05) is 37.4 Å². The molecule has 0 saturated heterocycles. The first-order valence-corrected chi connectivity index (χ1v) is 9.19. The summed E-state index contributed by atoms with van der Waals surface area (Å²) in [6, 6.07) is 11.9. The summed E-state index contributed by atoms with van der Waals surface area (Å²) < 4.78 is 5.14. The smallest absolute Gasteiger partial charge is 0.279 e. The highest BCUT2D eigenvalue weighted by atomic mass is 35.5. The van der Waals surface area contributed by atoms with Gasteiger partial charge in [0.1, 0.15) is 5.75 Å². The summed E-state index contributed by atoms with van der Waals surface area (Å²) in [7, 11) is 1.56. The van der Waals surface area contributed by atoms with Gasteiger partial charge in [0.2, 0.25) is 0 Å². The zero-order valence-corrected chi connectivity index (χ0v) is 16.7. The Morgan fingerprint density at radius 2 is 1.74 bits per heavy atom. The van der Waals surface area contributed by atoms with Gasteiger partial charge in [-0.05, 0) is 37.3 Å². The van der Waals surface area contributed by atoms with E-state index in [1.165, 1.54) is 0 Å². The fraction of sp³-hybridized carbons (Fsp3) is 0.263. The molecule has 1 unspecified atom stereocenters. The molecule has 2 rings (SSSR count). The number of halogens is 2. The van der Waals surface area contributed by atoms with Gasteiger partial charge in [0, 0.05) is 16.8 Å². The number of rotatable bonds is 8. The van der Waals surface area contributed by atoms with Crippen molar-refractivity contribution in [3.05, 3.63) is 52.5 Å². The van der Waals surface area contributed by atoms with Crippen LogP contribution in [-0.4, -0.2) is 38.6 Å². The van der Waals surface area contributed by atoms with E-state index < -0.39 is 0 Å². The minimum absolute atomic E-state index is 0.130. The first-order valence-electron chi connectivity index (χ1n) is 8.43. The van der Waals surface area contributed by atoms with Crippen molar-refractivity contribution in [3.63, 3.8) is 0 Å². The van der Waals surface area contributed by atoms with Crippen LogP contribution in [-0.2, 0) is 9.59 Å². The van der Waals surface area contributed by atoms with Crippen LogP contribution < -0.4 is 20.3 Å². The molecule has 144 valence electrons. The molecule has 2 amide bonds. The molecular weight excluding hydrogens is 389 g/mol. The van der Waals surface area contributed by atoms with Gasteiger partial charge in [-0.1, -0.05) is 29.3 Å². The summed E-state index contributed by atoms with van der Waals surface area (Å²) in [4.78, 5) is 25.4. The number of quaternary nitrogens is 1. The molecule has 27 heavy (non-hydrogen) atoms. The minimum atomic E-state index is -0.245. The van der Waals surface area contributed by atoms with Crippen molar-refractivity contribution in [2.45, 2.75) is 6.92 Å². The fourth-order valence-corrected chi connectivity index (χ4v) is 2.80. The molecule has 3 N–H and O–H groups in total. The Morgan fingerprint density at radius 1 is 1.04 bits per heavy atom. The predicted molar refractivity (Wildman–Crippen MR) is 108 cm³/mol. The highest BCUT2D eigenvalue weighted by Gasteiger charge is 2.18. The van der Waals surface area contributed by atoms with Crippen LogP contribution in [0.5, 0.6) is 5.75 Å². The van der Waals surface area contributed by atoms with Crippen molar-refractivity contribution >= 4 is 46.4 Å². The van der Waals surface area contributed by atoms with Crippen LogP contribution in [0.1, 0.15) is 6.92 Å². The number of benzene rings is 2. The summed E-state index contributed by atoms with van der Waals surface area (Å²) in [5, 5.41) is 6.42. The SMILES string of the molecule is CC[NH+](CC(=O)Nc1cccc(OC)c1)CC(=O)Nc1cc(Cl)ccc1Cl. The van der Waals surface area contributed by atoms with Crippen LogP contribution in [0.2, 0.25) is 10.0 Å². The third kappa shape index (κ3) is 6.75. The molecule has 0 radical (unpaired) electrons. The maximum Gasteiger partial charge on any atom is 0.279 e. The Labute approximate surface area is 168 Å². The van der Waals surface area contributed by atoms with E-state index in [2.05, 4.69) is 10.6 Å². The molecular formula is C19H22Cl2N3O3+. The Bertz CT molecular complexity index is 815. The van der Waals surface area contributed by atoms with Gasteiger partial charge in [-0.2, -0.15) is 0 Å². The zero-order chi connectivity index (χ0) is 19.8. The number of anilines is 2. The quantitative estimate of drug-likeness (QED) is 0.625. The van der Waals surface area contributed by atoms with Gasteiger partial charge >= 0.3 is 0 Å². The van der Waals surface area contributed by atoms with Crippen molar-refractivity contribution < 1.29 is 19.2 Å². The second-order valence-electron chi connectivity index (χ2n) is 5.91. The standard InChI is InChI=1S/C19H21Cl2N3O3/c1-3-24(11-18(25)22-14-5-4-6-15(10-14)27-2)12-19(26)23-17-9-13(20)7-8-16(17)21/h4-10H,3,11-12H2,1-2H3,(H,22,25)(H,23,26)/p+1. The molecule has 2 aromatic rings. The Balaban J connectivity index is 1.91. The van der Waals surface area contributed by atoms with E-state index in [1.807, 2.05) is 6.92 Å². The van der Waals surface area contributed by atoms with Crippen molar-refractivity contribution in [1.82, 2.24) is 0 Å². The van der Waals surface area contributed by atoms with Crippen LogP contribution in [0.4, 0.5) is 11.4 Å². The summed E-state index contributed by atoms with van der Waals surface area (Å²) >= 11 is 12.0. The molecule has 0 spiro atoms. The number of likely N-dealkylation sites (N-methyl/N-ethyl adjacent to an activating group) is 1. The summed E-state index contributed by atoms with van der Waals surface area (Å²) in [6.07, 6.45) is 0. The first-order chi connectivity index (χ1) is 12.9. The Kier molecular flexibility index (Phi) is 7.91. The zero-order valence-electron chi connectivity index (χ0n) is 15.1. The molecule has 0 aliphatic heterocycles. The second-order valence-corrected chi connectivity index (χ2v) is 6.75. The van der Waals surface area contributed by atoms with Crippen molar-refractivity contribution in [3.8, 4) is 5.75 Å². The van der Waals surface area contributed by atoms with E-state index in [4.69, 9.17) is 27.9 Å². The third-order valence-electron chi connectivity index (χ3n) is 3.88. The van der Waals surface area contributed by atoms with Gasteiger partial charge < -0.3 is 20.3 Å². The first kappa shape index (κ1) is 21.0. The van der Waals surface area contributed by atoms with E-state index in [-0.39, 0.29) is 24.9 Å². The normalized spacial score (nSPS) is 11.6. The molecule has 0 aromatic heterocycles.